The summed E-state index contributed by atoms with van der Waals surface area (Å²) in [4.78, 5) is 34.7. The molecule has 1 atom stereocenters. The van der Waals surface area contributed by atoms with Crippen LogP contribution >= 0.6 is 0 Å². The third kappa shape index (κ3) is 4.37. The van der Waals surface area contributed by atoms with Crippen molar-refractivity contribution in [2.24, 2.45) is 0 Å². The van der Waals surface area contributed by atoms with Gasteiger partial charge in [0, 0.05) is 23.9 Å². The lowest BCUT2D eigenvalue weighted by Gasteiger charge is -2.16. The fraction of sp³-hybridized carbons (Fsp3) is 0.389. The Labute approximate surface area is 144 Å². The smallest absolute Gasteiger partial charge is 0.346 e. The van der Waals surface area contributed by atoms with E-state index in [0.717, 1.165) is 10.9 Å². The molecule has 0 radical (unpaired) electrons. The van der Waals surface area contributed by atoms with E-state index in [-0.39, 0.29) is 12.4 Å². The van der Waals surface area contributed by atoms with Crippen molar-refractivity contribution in [2.45, 2.75) is 32.8 Å². The molecule has 0 saturated heterocycles. The summed E-state index contributed by atoms with van der Waals surface area (Å²) in [7, 11) is 2.58. The Balaban J connectivity index is 2.48. The first kappa shape index (κ1) is 18.5. The number of benzene rings is 1. The van der Waals surface area contributed by atoms with Crippen molar-refractivity contribution in [2.75, 3.05) is 14.2 Å². The highest BCUT2D eigenvalue weighted by molar-refractivity contribution is 5.83. The zero-order chi connectivity index (χ0) is 18.6. The van der Waals surface area contributed by atoms with E-state index >= 15 is 0 Å². The van der Waals surface area contributed by atoms with Gasteiger partial charge in [-0.2, -0.15) is 0 Å². The number of ether oxygens (including phenoxy) is 3. The molecule has 0 N–H and O–H groups in total. The molecule has 0 fully saturated rings. The molecule has 1 unspecified atom stereocenters. The number of esters is 2. The first-order valence-electron chi connectivity index (χ1n) is 7.74. The lowest BCUT2D eigenvalue weighted by molar-refractivity contribution is -0.148. The quantitative estimate of drug-likeness (QED) is 0.583. The Kier molecular flexibility index (Phi) is 5.80. The first-order valence-corrected chi connectivity index (χ1v) is 7.74. The second-order valence-corrected chi connectivity index (χ2v) is 5.56. The van der Waals surface area contributed by atoms with Crippen LogP contribution in [0.4, 0.5) is 0 Å². The summed E-state index contributed by atoms with van der Waals surface area (Å²) in [5.41, 5.74) is 1.32. The fourth-order valence-electron chi connectivity index (χ4n) is 2.44. The standard InChI is InChI=1S/C18H20O7/c1-10-7-17(20)25-15-9-14(24-11(2)18(21)23-4)12(8-13(10)15)5-6-16(19)22-3/h7-9,11H,5-6H2,1-4H3. The maximum absolute atomic E-state index is 11.6. The third-order valence-electron chi connectivity index (χ3n) is 3.80. The second kappa shape index (κ2) is 7.83. The fourth-order valence-corrected chi connectivity index (χ4v) is 2.44. The number of carbonyl (C=O) groups excluding carboxylic acids is 2. The number of fused-ring (bicyclic) bond motifs is 1. The number of hydrogen-bond acceptors (Lipinski definition) is 7. The molecule has 0 spiro atoms. The van der Waals surface area contributed by atoms with Crippen LogP contribution in [0.5, 0.6) is 5.75 Å². The van der Waals surface area contributed by atoms with Gasteiger partial charge in [-0.15, -0.1) is 0 Å². The van der Waals surface area contributed by atoms with Gasteiger partial charge in [0.15, 0.2) is 6.10 Å². The predicted molar refractivity (Wildman–Crippen MR) is 89.7 cm³/mol. The van der Waals surface area contributed by atoms with Gasteiger partial charge in [0.05, 0.1) is 14.2 Å². The van der Waals surface area contributed by atoms with Crippen LogP contribution in [0.15, 0.2) is 27.4 Å². The van der Waals surface area contributed by atoms with Gasteiger partial charge in [0.25, 0.3) is 0 Å². The number of hydrogen-bond donors (Lipinski definition) is 0. The third-order valence-corrected chi connectivity index (χ3v) is 3.80. The Morgan fingerprint density at radius 1 is 1.16 bits per heavy atom. The molecule has 0 saturated carbocycles. The van der Waals surface area contributed by atoms with Crippen molar-refractivity contribution in [3.8, 4) is 5.75 Å². The maximum atomic E-state index is 11.6. The van der Waals surface area contributed by atoms with Crippen LogP contribution in [-0.2, 0) is 25.5 Å². The van der Waals surface area contributed by atoms with Crippen LogP contribution in [0.1, 0.15) is 24.5 Å². The monoisotopic (exact) mass is 348 g/mol. The molecule has 2 rings (SSSR count). The zero-order valence-corrected chi connectivity index (χ0v) is 14.6. The average Bonchev–Trinajstić information content (AvgIpc) is 2.58. The van der Waals surface area contributed by atoms with Gasteiger partial charge >= 0.3 is 17.6 Å². The van der Waals surface area contributed by atoms with E-state index in [1.807, 2.05) is 0 Å². The van der Waals surface area contributed by atoms with Crippen LogP contribution in [-0.4, -0.2) is 32.3 Å². The molecular weight excluding hydrogens is 328 g/mol. The highest BCUT2D eigenvalue weighted by atomic mass is 16.6. The minimum atomic E-state index is -0.851. The average molecular weight is 348 g/mol. The van der Waals surface area contributed by atoms with Gasteiger partial charge in [0.2, 0.25) is 0 Å². The SMILES string of the molecule is COC(=O)CCc1cc2c(C)cc(=O)oc2cc1OC(C)C(=O)OC. The van der Waals surface area contributed by atoms with Crippen molar-refractivity contribution >= 4 is 22.9 Å². The summed E-state index contributed by atoms with van der Waals surface area (Å²) in [5, 5.41) is 0.734. The van der Waals surface area contributed by atoms with E-state index in [9.17, 15) is 14.4 Å². The molecule has 7 heteroatoms. The van der Waals surface area contributed by atoms with E-state index < -0.39 is 17.7 Å². The summed E-state index contributed by atoms with van der Waals surface area (Å²) in [6.45, 7) is 3.34. The summed E-state index contributed by atoms with van der Waals surface area (Å²) in [6, 6.07) is 4.73. The molecule has 2 aromatic rings. The van der Waals surface area contributed by atoms with Gasteiger partial charge in [0.1, 0.15) is 11.3 Å². The summed E-state index contributed by atoms with van der Waals surface area (Å²) in [5.74, 6) is -0.545. The van der Waals surface area contributed by atoms with Crippen molar-refractivity contribution < 1.29 is 28.2 Å². The molecule has 1 aromatic carbocycles. The molecular formula is C18H20O7. The number of carbonyl (C=O) groups is 2. The molecule has 1 aromatic heterocycles. The Morgan fingerprint density at radius 2 is 1.88 bits per heavy atom. The predicted octanol–water partition coefficient (Wildman–Crippen LogP) is 2.15. The van der Waals surface area contributed by atoms with Gasteiger partial charge in [-0.3, -0.25) is 4.79 Å². The highest BCUT2D eigenvalue weighted by Crippen LogP contribution is 2.29. The van der Waals surface area contributed by atoms with Crippen LogP contribution in [0.25, 0.3) is 11.0 Å². The van der Waals surface area contributed by atoms with Gasteiger partial charge < -0.3 is 18.6 Å². The molecule has 1 heterocycles. The van der Waals surface area contributed by atoms with Crippen molar-refractivity contribution in [3.63, 3.8) is 0 Å². The number of methoxy groups -OCH3 is 2. The molecule has 0 amide bonds. The Morgan fingerprint density at radius 3 is 2.52 bits per heavy atom. The lowest BCUT2D eigenvalue weighted by Crippen LogP contribution is -2.25. The largest absolute Gasteiger partial charge is 0.479 e. The molecule has 7 nitrogen and oxygen atoms in total. The summed E-state index contributed by atoms with van der Waals surface area (Å²) >= 11 is 0. The van der Waals surface area contributed by atoms with Crippen LogP contribution in [0.3, 0.4) is 0 Å². The van der Waals surface area contributed by atoms with Crippen molar-refractivity contribution in [1.29, 1.82) is 0 Å². The molecule has 0 aliphatic heterocycles. The van der Waals surface area contributed by atoms with E-state index in [1.165, 1.54) is 20.3 Å². The molecule has 134 valence electrons. The summed E-state index contributed by atoms with van der Waals surface area (Å²) in [6.07, 6.45) is -0.346. The van der Waals surface area contributed by atoms with E-state index in [4.69, 9.17) is 9.15 Å². The van der Waals surface area contributed by atoms with Crippen LogP contribution in [0.2, 0.25) is 0 Å². The van der Waals surface area contributed by atoms with Gasteiger partial charge in [-0.25, -0.2) is 9.59 Å². The van der Waals surface area contributed by atoms with Gasteiger partial charge in [-0.05, 0) is 37.5 Å². The van der Waals surface area contributed by atoms with Crippen LogP contribution in [0, 0.1) is 6.92 Å². The molecule has 25 heavy (non-hydrogen) atoms. The Hall–Kier alpha value is -2.83. The highest BCUT2D eigenvalue weighted by Gasteiger charge is 2.19. The number of aryl methyl sites for hydroxylation is 2. The minimum Gasteiger partial charge on any atom is -0.479 e. The Bertz CT molecular complexity index is 850. The second-order valence-electron chi connectivity index (χ2n) is 5.56. The number of rotatable bonds is 6. The lowest BCUT2D eigenvalue weighted by atomic mass is 10.0. The minimum absolute atomic E-state index is 0.154. The molecule has 0 bridgehead atoms. The molecule has 0 aliphatic rings. The first-order chi connectivity index (χ1) is 11.8. The molecule has 0 aliphatic carbocycles. The van der Waals surface area contributed by atoms with E-state index in [0.29, 0.717) is 23.3 Å². The maximum Gasteiger partial charge on any atom is 0.346 e. The topological polar surface area (TPSA) is 92.0 Å². The van der Waals surface area contributed by atoms with Crippen molar-refractivity contribution in [3.05, 3.63) is 39.7 Å². The van der Waals surface area contributed by atoms with E-state index in [2.05, 4.69) is 9.47 Å². The van der Waals surface area contributed by atoms with Crippen LogP contribution < -0.4 is 10.4 Å². The van der Waals surface area contributed by atoms with E-state index in [1.54, 1.807) is 26.0 Å². The normalized spacial score (nSPS) is 11.8. The zero-order valence-electron chi connectivity index (χ0n) is 14.6. The van der Waals surface area contributed by atoms with Crippen molar-refractivity contribution in [1.82, 2.24) is 0 Å². The summed E-state index contributed by atoms with van der Waals surface area (Å²) < 4.78 is 20.2. The van der Waals surface area contributed by atoms with Gasteiger partial charge in [-0.1, -0.05) is 0 Å².